The van der Waals surface area contributed by atoms with Gasteiger partial charge in [-0.2, -0.15) is 0 Å². The van der Waals surface area contributed by atoms with Gasteiger partial charge in [-0.05, 0) is 54.3 Å². The van der Waals surface area contributed by atoms with E-state index in [1.165, 1.54) is 10.1 Å². The maximum Gasteiger partial charge on any atom is 0.261 e. The summed E-state index contributed by atoms with van der Waals surface area (Å²) in [6.45, 7) is 2.63. The average molecular weight is 366 g/mol. The Morgan fingerprint density at radius 3 is 2.96 bits per heavy atom. The quantitative estimate of drug-likeness (QED) is 0.732. The van der Waals surface area contributed by atoms with Crippen molar-refractivity contribution >= 4 is 27.3 Å². The number of fused-ring (bicyclic) bond motifs is 2. The number of aromatic nitrogens is 1. The molecule has 4 nitrogen and oxygen atoms in total. The number of benzene rings is 1. The van der Waals surface area contributed by atoms with Crippen LogP contribution in [0, 0.1) is 5.92 Å². The number of aryl methyl sites for hydroxylation is 1. The van der Waals surface area contributed by atoms with Crippen molar-refractivity contribution in [1.29, 1.82) is 0 Å². The molecule has 0 bridgehead atoms. The number of thiophene rings is 1. The molecule has 0 saturated heterocycles. The molecule has 1 aliphatic rings. The van der Waals surface area contributed by atoms with Gasteiger partial charge in [0.2, 0.25) is 0 Å². The molecule has 1 aromatic carbocycles. The molecule has 0 spiro atoms. The van der Waals surface area contributed by atoms with Crippen molar-refractivity contribution in [3.63, 3.8) is 0 Å². The molecule has 0 radical (unpaired) electrons. The number of H-pyrrole nitrogens is 1. The molecule has 4 rings (SSSR count). The second kappa shape index (κ2) is 7.08. The highest BCUT2D eigenvalue weighted by Gasteiger charge is 2.21. The first-order chi connectivity index (χ1) is 12.6. The molecule has 0 aliphatic heterocycles. The summed E-state index contributed by atoms with van der Waals surface area (Å²) in [5, 5.41) is 4.08. The van der Waals surface area contributed by atoms with Crippen molar-refractivity contribution < 1.29 is 4.79 Å². The summed E-state index contributed by atoms with van der Waals surface area (Å²) >= 11 is 1.66. The predicted octanol–water partition coefficient (Wildman–Crippen LogP) is 4.03. The predicted molar refractivity (Wildman–Crippen MR) is 106 cm³/mol. The van der Waals surface area contributed by atoms with Crippen LogP contribution < -0.4 is 10.9 Å². The summed E-state index contributed by atoms with van der Waals surface area (Å²) in [6, 6.07) is 12.0. The number of rotatable bonds is 4. The minimum atomic E-state index is -0.301. The summed E-state index contributed by atoms with van der Waals surface area (Å²) in [7, 11) is 0. The molecule has 3 aromatic rings. The Labute approximate surface area is 156 Å². The molecule has 1 unspecified atom stereocenters. The van der Waals surface area contributed by atoms with Gasteiger partial charge in [-0.15, -0.1) is 11.3 Å². The number of nitrogens with one attached hydrogen (secondary N) is 2. The monoisotopic (exact) mass is 366 g/mol. The van der Waals surface area contributed by atoms with Gasteiger partial charge < -0.3 is 10.3 Å². The zero-order valence-electron chi connectivity index (χ0n) is 14.8. The third-order valence-corrected chi connectivity index (χ3v) is 6.36. The van der Waals surface area contributed by atoms with Crippen molar-refractivity contribution in [3.8, 4) is 0 Å². The van der Waals surface area contributed by atoms with E-state index >= 15 is 0 Å². The molecule has 26 heavy (non-hydrogen) atoms. The molecule has 5 heteroatoms. The van der Waals surface area contributed by atoms with Crippen LogP contribution in [0.4, 0.5) is 0 Å². The van der Waals surface area contributed by atoms with Crippen LogP contribution in [0.5, 0.6) is 0 Å². The van der Waals surface area contributed by atoms with E-state index in [-0.39, 0.29) is 17.0 Å². The summed E-state index contributed by atoms with van der Waals surface area (Å²) in [5.74, 6) is 0.341. The summed E-state index contributed by atoms with van der Waals surface area (Å²) in [6.07, 6.45) is 4.08. The number of hydrogen-bond acceptors (Lipinski definition) is 3. The fourth-order valence-electron chi connectivity index (χ4n) is 3.68. The fraction of sp³-hybridized carbons (Fsp3) is 0.333. The normalized spacial score (nSPS) is 16.4. The van der Waals surface area contributed by atoms with Crippen LogP contribution in [0.1, 0.15) is 46.3 Å². The number of carbonyl (C=O) groups excluding carboxylic acids is 1. The minimum absolute atomic E-state index is 0.224. The highest BCUT2D eigenvalue weighted by atomic mass is 32.1. The molecule has 0 saturated carbocycles. The highest BCUT2D eigenvalue weighted by Crippen LogP contribution is 2.26. The number of pyridine rings is 1. The first kappa shape index (κ1) is 17.0. The van der Waals surface area contributed by atoms with Crippen molar-refractivity contribution in [2.45, 2.75) is 39.2 Å². The van der Waals surface area contributed by atoms with Crippen LogP contribution in [0.3, 0.4) is 0 Å². The molecular weight excluding hydrogens is 344 g/mol. The Morgan fingerprint density at radius 2 is 2.15 bits per heavy atom. The molecule has 0 fully saturated rings. The largest absolute Gasteiger partial charge is 0.347 e. The standard InChI is InChI=1S/C21H22N2O2S/c1-2-13-7-8-18-15(9-13)11-17(21(25)23-18)20(24)22-12-16-10-14-5-3-4-6-19(14)26-16/h3-6,10-11,13H,2,7-9,12H2,1H3,(H,22,24)(H,23,25). The van der Waals surface area contributed by atoms with Gasteiger partial charge in [-0.25, -0.2) is 0 Å². The van der Waals surface area contributed by atoms with Gasteiger partial charge in [0.05, 0.1) is 6.54 Å². The van der Waals surface area contributed by atoms with Gasteiger partial charge in [0.25, 0.3) is 11.5 Å². The lowest BCUT2D eigenvalue weighted by atomic mass is 9.84. The molecular formula is C21H22N2O2S. The van der Waals surface area contributed by atoms with E-state index in [0.29, 0.717) is 12.5 Å². The Morgan fingerprint density at radius 1 is 1.31 bits per heavy atom. The van der Waals surface area contributed by atoms with Gasteiger partial charge in [-0.1, -0.05) is 31.5 Å². The maximum absolute atomic E-state index is 12.6. The maximum atomic E-state index is 12.6. The van der Waals surface area contributed by atoms with Crippen LogP contribution in [0.2, 0.25) is 0 Å². The molecule has 2 heterocycles. The molecule has 2 N–H and O–H groups in total. The zero-order valence-corrected chi connectivity index (χ0v) is 15.6. The zero-order chi connectivity index (χ0) is 18.1. The van der Waals surface area contributed by atoms with Gasteiger partial charge in [0.15, 0.2) is 0 Å². The van der Waals surface area contributed by atoms with E-state index in [2.05, 4.69) is 35.4 Å². The number of aromatic amines is 1. The first-order valence-corrected chi connectivity index (χ1v) is 9.96. The van der Waals surface area contributed by atoms with Gasteiger partial charge in [-0.3, -0.25) is 9.59 Å². The van der Waals surface area contributed by atoms with Crippen LogP contribution in [-0.2, 0) is 19.4 Å². The lowest BCUT2D eigenvalue weighted by Gasteiger charge is -2.23. The summed E-state index contributed by atoms with van der Waals surface area (Å²) < 4.78 is 1.20. The Hall–Kier alpha value is -2.40. The number of amides is 1. The van der Waals surface area contributed by atoms with Crippen LogP contribution in [0.15, 0.2) is 41.2 Å². The fourth-order valence-corrected chi connectivity index (χ4v) is 4.69. The Bertz CT molecular complexity index is 985. The van der Waals surface area contributed by atoms with E-state index in [4.69, 9.17) is 0 Å². The smallest absolute Gasteiger partial charge is 0.261 e. The molecule has 134 valence electrons. The molecule has 2 aromatic heterocycles. The highest BCUT2D eigenvalue weighted by molar-refractivity contribution is 7.19. The van der Waals surface area contributed by atoms with Crippen molar-refractivity contribution in [1.82, 2.24) is 10.3 Å². The summed E-state index contributed by atoms with van der Waals surface area (Å²) in [4.78, 5) is 28.9. The minimum Gasteiger partial charge on any atom is -0.347 e. The van der Waals surface area contributed by atoms with Crippen LogP contribution in [0.25, 0.3) is 10.1 Å². The third kappa shape index (κ3) is 3.31. The molecule has 1 amide bonds. The van der Waals surface area contributed by atoms with Crippen molar-refractivity contribution in [2.24, 2.45) is 5.92 Å². The van der Waals surface area contributed by atoms with Gasteiger partial charge >= 0.3 is 0 Å². The molecule has 1 atom stereocenters. The van der Waals surface area contributed by atoms with Crippen LogP contribution in [-0.4, -0.2) is 10.9 Å². The van der Waals surface area contributed by atoms with Crippen LogP contribution >= 0.6 is 11.3 Å². The van der Waals surface area contributed by atoms with E-state index in [1.54, 1.807) is 17.4 Å². The number of carbonyl (C=O) groups is 1. The molecule has 1 aliphatic carbocycles. The van der Waals surface area contributed by atoms with Gasteiger partial charge in [0, 0.05) is 15.3 Å². The topological polar surface area (TPSA) is 62.0 Å². The first-order valence-electron chi connectivity index (χ1n) is 9.14. The summed E-state index contributed by atoms with van der Waals surface area (Å²) in [5.41, 5.74) is 2.06. The Balaban J connectivity index is 1.51. The van der Waals surface area contributed by atoms with Crippen molar-refractivity contribution in [3.05, 3.63) is 68.4 Å². The van der Waals surface area contributed by atoms with E-state index in [1.807, 2.05) is 12.1 Å². The second-order valence-electron chi connectivity index (χ2n) is 6.97. The average Bonchev–Trinajstić information content (AvgIpc) is 3.08. The lowest BCUT2D eigenvalue weighted by Crippen LogP contribution is -2.31. The number of hydrogen-bond donors (Lipinski definition) is 2. The SMILES string of the molecule is CCC1CCc2[nH]c(=O)c(C(=O)NCc3cc4ccccc4s3)cc2C1. The van der Waals surface area contributed by atoms with E-state index in [0.717, 1.165) is 41.8 Å². The lowest BCUT2D eigenvalue weighted by molar-refractivity contribution is 0.0949. The Kier molecular flexibility index (Phi) is 4.64. The third-order valence-electron chi connectivity index (χ3n) is 5.25. The van der Waals surface area contributed by atoms with Gasteiger partial charge in [0.1, 0.15) is 5.56 Å². The van der Waals surface area contributed by atoms with Crippen molar-refractivity contribution in [2.75, 3.05) is 0 Å². The second-order valence-corrected chi connectivity index (χ2v) is 8.13. The van der Waals surface area contributed by atoms with E-state index in [9.17, 15) is 9.59 Å². The van der Waals surface area contributed by atoms with E-state index < -0.39 is 0 Å².